The summed E-state index contributed by atoms with van der Waals surface area (Å²) in [6, 6.07) is 20.5. The molecule has 0 unspecified atom stereocenters. The lowest BCUT2D eigenvalue weighted by Crippen LogP contribution is -2.20. The van der Waals surface area contributed by atoms with Gasteiger partial charge in [-0.1, -0.05) is 38.1 Å². The molecule has 0 spiro atoms. The van der Waals surface area contributed by atoms with E-state index in [1.807, 2.05) is 27.7 Å². The Labute approximate surface area is 227 Å². The van der Waals surface area contributed by atoms with Crippen LogP contribution in [0.25, 0.3) is 0 Å². The van der Waals surface area contributed by atoms with E-state index in [-0.39, 0.29) is 16.8 Å². The number of benzene rings is 4. The maximum absolute atomic E-state index is 10.9. The molecule has 8 heteroatoms. The van der Waals surface area contributed by atoms with Crippen molar-refractivity contribution in [1.29, 1.82) is 0 Å². The third-order valence-corrected chi connectivity index (χ3v) is 6.90. The molecule has 0 saturated carbocycles. The molecule has 39 heavy (non-hydrogen) atoms. The molecule has 0 amide bonds. The van der Waals surface area contributed by atoms with Crippen molar-refractivity contribution < 1.29 is 19.3 Å². The summed E-state index contributed by atoms with van der Waals surface area (Å²) in [4.78, 5) is 21.0. The van der Waals surface area contributed by atoms with E-state index in [4.69, 9.17) is 9.47 Å². The molecule has 0 aliphatic heterocycles. The highest BCUT2D eigenvalue weighted by molar-refractivity contribution is 5.54. The Kier molecular flexibility index (Phi) is 7.40. The van der Waals surface area contributed by atoms with Crippen LogP contribution in [0.2, 0.25) is 0 Å². The van der Waals surface area contributed by atoms with Gasteiger partial charge in [0.25, 0.3) is 11.4 Å². The van der Waals surface area contributed by atoms with Crippen molar-refractivity contribution in [2.45, 2.75) is 47.0 Å². The van der Waals surface area contributed by atoms with Crippen molar-refractivity contribution >= 4 is 11.4 Å². The summed E-state index contributed by atoms with van der Waals surface area (Å²) in [5.74, 6) is 2.52. The zero-order valence-electron chi connectivity index (χ0n) is 22.8. The first-order valence-corrected chi connectivity index (χ1v) is 12.4. The number of non-ortho nitro benzene ring substituents is 2. The van der Waals surface area contributed by atoms with Crippen LogP contribution in [0.5, 0.6) is 23.0 Å². The van der Waals surface area contributed by atoms with Gasteiger partial charge in [0.1, 0.15) is 23.0 Å². The summed E-state index contributed by atoms with van der Waals surface area (Å²) in [6.07, 6.45) is 0. The number of nitro groups is 2. The first-order chi connectivity index (χ1) is 18.4. The molecular weight excluding hydrogens is 496 g/mol. The number of nitrogens with zero attached hydrogens (tertiary/aromatic N) is 2. The van der Waals surface area contributed by atoms with Crippen LogP contribution in [0.4, 0.5) is 11.4 Å². The van der Waals surface area contributed by atoms with Crippen LogP contribution in [0.3, 0.4) is 0 Å². The topological polar surface area (TPSA) is 105 Å². The predicted octanol–water partition coefficient (Wildman–Crippen LogP) is 8.65. The Morgan fingerprint density at radius 1 is 0.564 bits per heavy atom. The van der Waals surface area contributed by atoms with Gasteiger partial charge in [-0.25, -0.2) is 0 Å². The molecule has 4 rings (SSSR count). The second-order valence-electron chi connectivity index (χ2n) is 10.2. The Balaban J connectivity index is 1.60. The summed E-state index contributed by atoms with van der Waals surface area (Å²) in [7, 11) is 0. The molecule has 0 bridgehead atoms. The maximum Gasteiger partial charge on any atom is 0.269 e. The molecule has 4 aromatic rings. The fourth-order valence-corrected chi connectivity index (χ4v) is 4.62. The van der Waals surface area contributed by atoms with Gasteiger partial charge in [-0.2, -0.15) is 0 Å². The van der Waals surface area contributed by atoms with Crippen LogP contribution in [0.15, 0.2) is 72.8 Å². The standard InChI is InChI=1S/C31H30N2O6/c1-19-15-23(16-20(2)29(19)38-27-11-7-25(8-12-27)32(34)35)31(5,6)24-17-21(3)30(22(4)18-24)39-28-13-9-26(10-14-28)33(36)37/h7-18H,1-6H3. The van der Waals surface area contributed by atoms with Crippen molar-refractivity contribution in [3.8, 4) is 23.0 Å². The summed E-state index contributed by atoms with van der Waals surface area (Å²) in [5.41, 5.74) is 5.79. The normalized spacial score (nSPS) is 11.2. The van der Waals surface area contributed by atoms with Gasteiger partial charge in [-0.3, -0.25) is 20.2 Å². The van der Waals surface area contributed by atoms with Gasteiger partial charge in [0.15, 0.2) is 0 Å². The quantitative estimate of drug-likeness (QED) is 0.168. The minimum absolute atomic E-state index is 0.0163. The van der Waals surface area contributed by atoms with E-state index in [0.717, 1.165) is 44.9 Å². The first-order valence-electron chi connectivity index (χ1n) is 12.4. The largest absolute Gasteiger partial charge is 0.457 e. The van der Waals surface area contributed by atoms with Crippen LogP contribution in [0, 0.1) is 47.9 Å². The zero-order chi connectivity index (χ0) is 28.5. The van der Waals surface area contributed by atoms with Crippen LogP contribution >= 0.6 is 0 Å². The number of aryl methyl sites for hydroxylation is 4. The summed E-state index contributed by atoms with van der Waals surface area (Å²) in [5, 5.41) is 21.9. The van der Waals surface area contributed by atoms with Crippen LogP contribution in [0.1, 0.15) is 47.2 Å². The lowest BCUT2D eigenvalue weighted by atomic mass is 9.76. The van der Waals surface area contributed by atoms with Crippen molar-refractivity contribution in [3.63, 3.8) is 0 Å². The first kappa shape index (κ1) is 27.3. The molecule has 200 valence electrons. The third kappa shape index (κ3) is 5.75. The van der Waals surface area contributed by atoms with Gasteiger partial charge in [-0.15, -0.1) is 0 Å². The number of nitro benzene ring substituents is 2. The highest BCUT2D eigenvalue weighted by Crippen LogP contribution is 2.40. The van der Waals surface area contributed by atoms with Gasteiger partial charge in [0, 0.05) is 29.7 Å². The third-order valence-electron chi connectivity index (χ3n) is 6.90. The molecule has 0 aromatic heterocycles. The van der Waals surface area contributed by atoms with E-state index in [0.29, 0.717) is 11.5 Å². The monoisotopic (exact) mass is 526 g/mol. The van der Waals surface area contributed by atoms with E-state index in [9.17, 15) is 20.2 Å². The lowest BCUT2D eigenvalue weighted by Gasteiger charge is -2.29. The van der Waals surface area contributed by atoms with Crippen molar-refractivity contribution in [2.24, 2.45) is 0 Å². The highest BCUT2D eigenvalue weighted by atomic mass is 16.6. The highest BCUT2D eigenvalue weighted by Gasteiger charge is 2.26. The average molecular weight is 527 g/mol. The second kappa shape index (κ2) is 10.6. The minimum atomic E-state index is -0.436. The Bertz CT molecular complexity index is 1390. The van der Waals surface area contributed by atoms with Gasteiger partial charge in [0.2, 0.25) is 0 Å². The summed E-state index contributed by atoms with van der Waals surface area (Å²) >= 11 is 0. The molecule has 0 fully saturated rings. The molecule has 0 radical (unpaired) electrons. The number of rotatable bonds is 8. The van der Waals surface area contributed by atoms with E-state index in [1.54, 1.807) is 24.3 Å². The van der Waals surface area contributed by atoms with Gasteiger partial charge in [0.05, 0.1) is 9.85 Å². The maximum atomic E-state index is 10.9. The van der Waals surface area contributed by atoms with Gasteiger partial charge in [-0.05, 0) is 85.3 Å². The summed E-state index contributed by atoms with van der Waals surface area (Å²) in [6.45, 7) is 12.3. The van der Waals surface area contributed by atoms with Crippen molar-refractivity contribution in [2.75, 3.05) is 0 Å². The van der Waals surface area contributed by atoms with E-state index < -0.39 is 9.85 Å². The van der Waals surface area contributed by atoms with E-state index >= 15 is 0 Å². The number of ether oxygens (including phenoxy) is 2. The Morgan fingerprint density at radius 3 is 1.10 bits per heavy atom. The van der Waals surface area contributed by atoms with Crippen LogP contribution in [-0.2, 0) is 5.41 Å². The van der Waals surface area contributed by atoms with Crippen LogP contribution < -0.4 is 9.47 Å². The molecule has 8 nitrogen and oxygen atoms in total. The van der Waals surface area contributed by atoms with Gasteiger partial charge < -0.3 is 9.47 Å². The second-order valence-corrected chi connectivity index (χ2v) is 10.2. The van der Waals surface area contributed by atoms with E-state index in [2.05, 4.69) is 38.1 Å². The predicted molar refractivity (Wildman–Crippen MR) is 150 cm³/mol. The molecule has 0 aliphatic carbocycles. The molecule has 4 aromatic carbocycles. The van der Waals surface area contributed by atoms with Gasteiger partial charge >= 0.3 is 0 Å². The number of hydrogen-bond acceptors (Lipinski definition) is 6. The average Bonchev–Trinajstić information content (AvgIpc) is 2.88. The van der Waals surface area contributed by atoms with E-state index in [1.165, 1.54) is 24.3 Å². The molecule has 0 saturated heterocycles. The smallest absolute Gasteiger partial charge is 0.269 e. The fraction of sp³-hybridized carbons (Fsp3) is 0.226. The fourth-order valence-electron chi connectivity index (χ4n) is 4.62. The molecule has 0 aliphatic rings. The number of hydrogen-bond donors (Lipinski definition) is 0. The summed E-state index contributed by atoms with van der Waals surface area (Å²) < 4.78 is 12.2. The minimum Gasteiger partial charge on any atom is -0.457 e. The Hall–Kier alpha value is -4.72. The van der Waals surface area contributed by atoms with Crippen molar-refractivity contribution in [1.82, 2.24) is 0 Å². The molecule has 0 N–H and O–H groups in total. The molecular formula is C31H30N2O6. The zero-order valence-corrected chi connectivity index (χ0v) is 22.8. The molecule has 0 heterocycles. The lowest BCUT2D eigenvalue weighted by molar-refractivity contribution is -0.385. The Morgan fingerprint density at radius 2 is 0.846 bits per heavy atom. The van der Waals surface area contributed by atoms with Crippen LogP contribution in [-0.4, -0.2) is 9.85 Å². The molecule has 0 atom stereocenters. The van der Waals surface area contributed by atoms with Crippen molar-refractivity contribution in [3.05, 3.63) is 126 Å². The SMILES string of the molecule is Cc1cc(C(C)(C)c2cc(C)c(Oc3ccc([N+](=O)[O-])cc3)c(C)c2)cc(C)c1Oc1ccc([N+](=O)[O-])cc1.